The Bertz CT molecular complexity index is 281. The van der Waals surface area contributed by atoms with Crippen molar-refractivity contribution in [3.8, 4) is 0 Å². The normalized spacial score (nSPS) is 39.3. The number of hydrogen-bond donors (Lipinski definition) is 1. The van der Waals surface area contributed by atoms with E-state index in [9.17, 15) is 0 Å². The van der Waals surface area contributed by atoms with E-state index < -0.39 is 0 Å². The fourth-order valence-electron chi connectivity index (χ4n) is 4.17. The van der Waals surface area contributed by atoms with Crippen molar-refractivity contribution in [3.05, 3.63) is 0 Å². The topological polar surface area (TPSA) is 32.5 Å². The van der Waals surface area contributed by atoms with Crippen LogP contribution in [0, 0.1) is 11.8 Å². The third kappa shape index (κ3) is 2.33. The maximum Gasteiger partial charge on any atom is 0.0358 e. The molecule has 2 saturated carbocycles. The van der Waals surface area contributed by atoms with E-state index in [0.717, 1.165) is 18.4 Å². The second-order valence-corrected chi connectivity index (χ2v) is 6.83. The highest BCUT2D eigenvalue weighted by atomic mass is 15.3. The second-order valence-electron chi connectivity index (χ2n) is 6.83. The third-order valence-electron chi connectivity index (χ3n) is 5.73. The Morgan fingerprint density at radius 3 is 2.33 bits per heavy atom. The average Bonchev–Trinajstić information content (AvgIpc) is 3.12. The van der Waals surface area contributed by atoms with Gasteiger partial charge >= 0.3 is 0 Å². The summed E-state index contributed by atoms with van der Waals surface area (Å²) in [5, 5.41) is 0. The molecule has 1 aliphatic heterocycles. The minimum atomic E-state index is 0.339. The van der Waals surface area contributed by atoms with E-state index >= 15 is 0 Å². The van der Waals surface area contributed by atoms with Crippen molar-refractivity contribution in [1.82, 2.24) is 9.80 Å². The summed E-state index contributed by atoms with van der Waals surface area (Å²) >= 11 is 0. The van der Waals surface area contributed by atoms with Crippen molar-refractivity contribution in [1.29, 1.82) is 0 Å². The molecule has 2 unspecified atom stereocenters. The van der Waals surface area contributed by atoms with Crippen molar-refractivity contribution in [2.75, 3.05) is 39.3 Å². The van der Waals surface area contributed by atoms with Crippen LogP contribution in [-0.2, 0) is 0 Å². The van der Waals surface area contributed by atoms with Crippen LogP contribution in [-0.4, -0.2) is 54.6 Å². The number of piperazine rings is 1. The Hall–Kier alpha value is -0.120. The van der Waals surface area contributed by atoms with Crippen LogP contribution in [0.2, 0.25) is 0 Å². The summed E-state index contributed by atoms with van der Waals surface area (Å²) in [4.78, 5) is 5.41. The lowest BCUT2D eigenvalue weighted by atomic mass is 9.86. The van der Waals surface area contributed by atoms with Gasteiger partial charge in [0.2, 0.25) is 0 Å². The molecule has 2 aliphatic carbocycles. The van der Waals surface area contributed by atoms with Gasteiger partial charge in [0.1, 0.15) is 0 Å². The largest absolute Gasteiger partial charge is 0.329 e. The lowest BCUT2D eigenvalue weighted by Gasteiger charge is -2.48. The van der Waals surface area contributed by atoms with Gasteiger partial charge in [0.25, 0.3) is 0 Å². The van der Waals surface area contributed by atoms with E-state index in [1.54, 1.807) is 0 Å². The van der Waals surface area contributed by atoms with Crippen molar-refractivity contribution >= 4 is 0 Å². The summed E-state index contributed by atoms with van der Waals surface area (Å²) in [6.07, 6.45) is 7.03. The zero-order valence-corrected chi connectivity index (χ0v) is 11.9. The number of hydrogen-bond acceptors (Lipinski definition) is 3. The molecule has 0 radical (unpaired) electrons. The van der Waals surface area contributed by atoms with Crippen molar-refractivity contribution < 1.29 is 0 Å². The van der Waals surface area contributed by atoms with E-state index in [4.69, 9.17) is 5.73 Å². The Balaban J connectivity index is 1.57. The summed E-state index contributed by atoms with van der Waals surface area (Å²) < 4.78 is 0. The van der Waals surface area contributed by atoms with E-state index in [-0.39, 0.29) is 0 Å². The molecule has 1 heterocycles. The monoisotopic (exact) mass is 251 g/mol. The van der Waals surface area contributed by atoms with Crippen LogP contribution >= 0.6 is 0 Å². The predicted octanol–water partition coefficient (Wildman–Crippen LogP) is 1.53. The van der Waals surface area contributed by atoms with Crippen LogP contribution in [0.25, 0.3) is 0 Å². The second kappa shape index (κ2) is 5.10. The smallest absolute Gasteiger partial charge is 0.0358 e. The van der Waals surface area contributed by atoms with Crippen LogP contribution in [0.3, 0.4) is 0 Å². The van der Waals surface area contributed by atoms with Gasteiger partial charge in [-0.1, -0.05) is 13.3 Å². The third-order valence-corrected chi connectivity index (χ3v) is 5.73. The highest BCUT2D eigenvalue weighted by molar-refractivity contribution is 5.01. The quantitative estimate of drug-likeness (QED) is 0.822. The average molecular weight is 251 g/mol. The molecule has 2 N–H and O–H groups in total. The van der Waals surface area contributed by atoms with Gasteiger partial charge in [0, 0.05) is 44.8 Å². The zero-order chi connectivity index (χ0) is 12.6. The Labute approximate surface area is 112 Å². The van der Waals surface area contributed by atoms with Gasteiger partial charge in [0.05, 0.1) is 0 Å². The van der Waals surface area contributed by atoms with Crippen molar-refractivity contribution in [2.45, 2.75) is 44.6 Å². The first-order chi connectivity index (χ1) is 8.74. The Morgan fingerprint density at radius 2 is 1.83 bits per heavy atom. The Kier molecular flexibility index (Phi) is 3.65. The van der Waals surface area contributed by atoms with Crippen LogP contribution in [0.15, 0.2) is 0 Å². The van der Waals surface area contributed by atoms with Crippen LogP contribution in [0.1, 0.15) is 39.0 Å². The summed E-state index contributed by atoms with van der Waals surface area (Å²) in [6, 6.07) is 0. The lowest BCUT2D eigenvalue weighted by Crippen LogP contribution is -2.61. The summed E-state index contributed by atoms with van der Waals surface area (Å²) in [5.74, 6) is 1.82. The molecule has 18 heavy (non-hydrogen) atoms. The van der Waals surface area contributed by atoms with E-state index in [1.807, 2.05) is 0 Å². The summed E-state index contributed by atoms with van der Waals surface area (Å²) in [6.45, 7) is 9.66. The molecule has 3 rings (SSSR count). The first kappa shape index (κ1) is 12.9. The number of nitrogens with zero attached hydrogens (tertiary/aromatic N) is 2. The molecule has 104 valence electrons. The van der Waals surface area contributed by atoms with Crippen molar-refractivity contribution in [3.63, 3.8) is 0 Å². The minimum Gasteiger partial charge on any atom is -0.329 e. The van der Waals surface area contributed by atoms with Crippen LogP contribution in [0.4, 0.5) is 0 Å². The first-order valence-corrected chi connectivity index (χ1v) is 7.92. The molecule has 0 aromatic rings. The molecule has 3 fully saturated rings. The van der Waals surface area contributed by atoms with Gasteiger partial charge in [-0.15, -0.1) is 0 Å². The molecule has 0 amide bonds. The lowest BCUT2D eigenvalue weighted by molar-refractivity contribution is 0.0154. The minimum absolute atomic E-state index is 0.339. The fraction of sp³-hybridized carbons (Fsp3) is 1.00. The molecular formula is C15H29N3. The maximum absolute atomic E-state index is 6.16. The van der Waals surface area contributed by atoms with Gasteiger partial charge in [-0.05, 0) is 37.5 Å². The first-order valence-electron chi connectivity index (χ1n) is 7.92. The number of nitrogens with two attached hydrogens (primary N) is 1. The van der Waals surface area contributed by atoms with Crippen LogP contribution < -0.4 is 5.73 Å². The zero-order valence-electron chi connectivity index (χ0n) is 11.9. The standard InChI is InChI=1S/C15H29N3/c1-13-3-2-6-15(13,12-16)18-9-7-17(8-10-18)11-14-4-5-14/h13-14H,2-12,16H2,1H3. The molecule has 3 nitrogen and oxygen atoms in total. The van der Waals surface area contributed by atoms with Crippen molar-refractivity contribution in [2.24, 2.45) is 17.6 Å². The highest BCUT2D eigenvalue weighted by Crippen LogP contribution is 2.40. The number of rotatable bonds is 4. The molecule has 3 aliphatic rings. The molecule has 0 bridgehead atoms. The molecule has 0 spiro atoms. The van der Waals surface area contributed by atoms with Gasteiger partial charge < -0.3 is 10.6 Å². The molecule has 3 heteroatoms. The summed E-state index contributed by atoms with van der Waals surface area (Å²) in [5.41, 5.74) is 6.50. The molecule has 0 aromatic carbocycles. The predicted molar refractivity (Wildman–Crippen MR) is 75.5 cm³/mol. The van der Waals surface area contributed by atoms with E-state index in [0.29, 0.717) is 5.54 Å². The van der Waals surface area contributed by atoms with E-state index in [1.165, 1.54) is 64.8 Å². The van der Waals surface area contributed by atoms with Crippen LogP contribution in [0.5, 0.6) is 0 Å². The summed E-state index contributed by atoms with van der Waals surface area (Å²) in [7, 11) is 0. The molecule has 1 saturated heterocycles. The Morgan fingerprint density at radius 1 is 1.11 bits per heavy atom. The van der Waals surface area contributed by atoms with Gasteiger partial charge in [0.15, 0.2) is 0 Å². The highest BCUT2D eigenvalue weighted by Gasteiger charge is 2.44. The molecule has 2 atom stereocenters. The van der Waals surface area contributed by atoms with Gasteiger partial charge in [-0.3, -0.25) is 4.90 Å². The maximum atomic E-state index is 6.16. The molecule has 0 aromatic heterocycles. The van der Waals surface area contributed by atoms with Gasteiger partial charge in [-0.2, -0.15) is 0 Å². The molecular weight excluding hydrogens is 222 g/mol. The van der Waals surface area contributed by atoms with Gasteiger partial charge in [-0.25, -0.2) is 0 Å². The fourth-order valence-corrected chi connectivity index (χ4v) is 4.17. The van der Waals surface area contributed by atoms with E-state index in [2.05, 4.69) is 16.7 Å². The SMILES string of the molecule is CC1CCCC1(CN)N1CCN(CC2CC2)CC1.